The van der Waals surface area contributed by atoms with Crippen molar-refractivity contribution in [1.82, 2.24) is 4.90 Å². The van der Waals surface area contributed by atoms with E-state index in [1.807, 2.05) is 42.5 Å². The molecular weight excluding hydrogens is 475 g/mol. The van der Waals surface area contributed by atoms with Gasteiger partial charge in [-0.2, -0.15) is 5.26 Å². The second-order valence-electron chi connectivity index (χ2n) is 9.12. The summed E-state index contributed by atoms with van der Waals surface area (Å²) in [6.07, 6.45) is 3.16. The van der Waals surface area contributed by atoms with Gasteiger partial charge < -0.3 is 10.2 Å². The number of nitriles is 1. The maximum absolute atomic E-state index is 13.6. The number of carbonyl (C=O) groups excluding carboxylic acids is 1. The third-order valence-corrected chi connectivity index (χ3v) is 7.12. The molecular formula is C29H30ClFN4O. The Morgan fingerprint density at radius 3 is 2.53 bits per heavy atom. The lowest BCUT2D eigenvalue weighted by Crippen LogP contribution is -2.38. The smallest absolute Gasteiger partial charge is 0.307 e. The van der Waals surface area contributed by atoms with Crippen LogP contribution in [-0.4, -0.2) is 37.1 Å². The minimum Gasteiger partial charge on any atom is -0.307 e. The van der Waals surface area contributed by atoms with Crippen molar-refractivity contribution >= 4 is 29.0 Å². The van der Waals surface area contributed by atoms with Crippen molar-refractivity contribution in [3.8, 4) is 17.2 Å². The number of hydrogen-bond acceptors (Lipinski definition) is 3. The molecule has 0 radical (unpaired) electrons. The second-order valence-corrected chi connectivity index (χ2v) is 9.52. The van der Waals surface area contributed by atoms with Gasteiger partial charge in [0, 0.05) is 17.9 Å². The monoisotopic (exact) mass is 504 g/mol. The van der Waals surface area contributed by atoms with E-state index < -0.39 is 5.82 Å². The molecule has 5 nitrogen and oxygen atoms in total. The molecule has 1 N–H and O–H groups in total. The lowest BCUT2D eigenvalue weighted by Gasteiger charge is -2.32. The highest BCUT2D eigenvalue weighted by atomic mass is 35.5. The van der Waals surface area contributed by atoms with Crippen molar-refractivity contribution in [2.75, 3.05) is 36.4 Å². The summed E-state index contributed by atoms with van der Waals surface area (Å²) < 4.78 is 13.6. The van der Waals surface area contributed by atoms with Gasteiger partial charge in [-0.3, -0.25) is 4.90 Å². The highest BCUT2D eigenvalue weighted by molar-refractivity contribution is 6.31. The number of hydrogen-bond donors (Lipinski definition) is 1. The number of anilines is 2. The van der Waals surface area contributed by atoms with Gasteiger partial charge in [-0.25, -0.2) is 9.18 Å². The Morgan fingerprint density at radius 2 is 1.86 bits per heavy atom. The maximum Gasteiger partial charge on any atom is 0.326 e. The molecule has 1 heterocycles. The minimum atomic E-state index is -0.527. The predicted octanol–water partition coefficient (Wildman–Crippen LogP) is 7.18. The summed E-state index contributed by atoms with van der Waals surface area (Å²) in [7, 11) is 0. The molecule has 3 aromatic carbocycles. The number of benzene rings is 3. The number of piperidine rings is 1. The van der Waals surface area contributed by atoms with Crippen LogP contribution in [-0.2, 0) is 0 Å². The molecule has 36 heavy (non-hydrogen) atoms. The highest BCUT2D eigenvalue weighted by Gasteiger charge is 2.22. The molecule has 0 atom stereocenters. The molecule has 7 heteroatoms. The van der Waals surface area contributed by atoms with E-state index in [-0.39, 0.29) is 11.1 Å². The zero-order valence-corrected chi connectivity index (χ0v) is 21.1. The van der Waals surface area contributed by atoms with Gasteiger partial charge in [0.2, 0.25) is 0 Å². The molecule has 0 aromatic heterocycles. The van der Waals surface area contributed by atoms with E-state index in [2.05, 4.69) is 23.2 Å². The van der Waals surface area contributed by atoms with Crippen LogP contribution in [0.5, 0.6) is 0 Å². The van der Waals surface area contributed by atoms with Crippen molar-refractivity contribution in [2.45, 2.75) is 26.2 Å². The summed E-state index contributed by atoms with van der Waals surface area (Å²) in [6.45, 7) is 6.02. The largest absolute Gasteiger partial charge is 0.326 e. The summed E-state index contributed by atoms with van der Waals surface area (Å²) in [5, 5.41) is 12.0. The average Bonchev–Trinajstić information content (AvgIpc) is 2.91. The standard InChI is InChI=1S/C29H30ClFN4O/c1-2-34-15-12-21(13-16-34)14-17-35(29(36)33-25-8-11-28(31)27(30)19-25)26-9-6-23(7-10-26)24-5-3-4-22(18-24)20-32/h3-11,18-19,21H,2,12-17H2,1H3,(H,33,36). The van der Waals surface area contributed by atoms with Crippen LogP contribution in [0.1, 0.15) is 31.7 Å². The van der Waals surface area contributed by atoms with E-state index in [1.165, 1.54) is 18.2 Å². The molecule has 0 aliphatic carbocycles. The first-order valence-corrected chi connectivity index (χ1v) is 12.7. The number of amides is 2. The van der Waals surface area contributed by atoms with Gasteiger partial charge in [0.1, 0.15) is 5.82 Å². The van der Waals surface area contributed by atoms with Crippen molar-refractivity contribution < 1.29 is 9.18 Å². The Balaban J connectivity index is 1.52. The number of carbonyl (C=O) groups is 1. The molecule has 1 aliphatic rings. The number of halogens is 2. The van der Waals surface area contributed by atoms with Crippen LogP contribution in [0.4, 0.5) is 20.6 Å². The predicted molar refractivity (Wildman–Crippen MR) is 144 cm³/mol. The molecule has 1 saturated heterocycles. The Morgan fingerprint density at radius 1 is 1.11 bits per heavy atom. The van der Waals surface area contributed by atoms with Gasteiger partial charge in [-0.1, -0.05) is 42.8 Å². The summed E-state index contributed by atoms with van der Waals surface area (Å²) in [4.78, 5) is 17.5. The van der Waals surface area contributed by atoms with Crippen LogP contribution in [0.2, 0.25) is 5.02 Å². The number of nitrogens with one attached hydrogen (secondary N) is 1. The number of urea groups is 1. The molecule has 1 aliphatic heterocycles. The molecule has 2 amide bonds. The van der Waals surface area contributed by atoms with Gasteiger partial charge in [-0.15, -0.1) is 0 Å². The van der Waals surface area contributed by atoms with Crippen LogP contribution in [0.3, 0.4) is 0 Å². The lowest BCUT2D eigenvalue weighted by molar-refractivity contribution is 0.187. The van der Waals surface area contributed by atoms with Gasteiger partial charge in [0.05, 0.1) is 16.7 Å². The van der Waals surface area contributed by atoms with Crippen LogP contribution >= 0.6 is 11.6 Å². The van der Waals surface area contributed by atoms with Crippen molar-refractivity contribution in [3.05, 3.63) is 83.1 Å². The molecule has 0 unspecified atom stereocenters. The molecule has 3 aromatic rings. The van der Waals surface area contributed by atoms with E-state index in [9.17, 15) is 14.4 Å². The zero-order valence-electron chi connectivity index (χ0n) is 20.4. The van der Waals surface area contributed by atoms with E-state index in [0.717, 1.165) is 55.7 Å². The second kappa shape index (κ2) is 12.0. The number of likely N-dealkylation sites (tertiary alicyclic amines) is 1. The third kappa shape index (κ3) is 6.42. The Hall–Kier alpha value is -3.40. The Bertz CT molecular complexity index is 1230. The average molecular weight is 505 g/mol. The summed E-state index contributed by atoms with van der Waals surface area (Å²) in [6, 6.07) is 21.2. The van der Waals surface area contributed by atoms with Crippen molar-refractivity contribution in [3.63, 3.8) is 0 Å². The molecule has 0 saturated carbocycles. The van der Waals surface area contributed by atoms with Crippen molar-refractivity contribution in [2.24, 2.45) is 5.92 Å². The number of nitrogens with zero attached hydrogens (tertiary/aromatic N) is 3. The molecule has 4 rings (SSSR count). The van der Waals surface area contributed by atoms with Crippen molar-refractivity contribution in [1.29, 1.82) is 5.26 Å². The van der Waals surface area contributed by atoms with Gasteiger partial charge in [0.15, 0.2) is 0 Å². The highest BCUT2D eigenvalue weighted by Crippen LogP contribution is 2.27. The summed E-state index contributed by atoms with van der Waals surface area (Å²) >= 11 is 5.91. The third-order valence-electron chi connectivity index (χ3n) is 6.84. The normalized spacial score (nSPS) is 14.3. The summed E-state index contributed by atoms with van der Waals surface area (Å²) in [5.74, 6) is 0.0392. The van der Waals surface area contributed by atoms with Gasteiger partial charge in [-0.05, 0) is 98.4 Å². The Kier molecular flexibility index (Phi) is 8.58. The molecule has 0 bridgehead atoms. The van der Waals surface area contributed by atoms with Gasteiger partial charge in [0.25, 0.3) is 0 Å². The Labute approximate surface area is 217 Å². The maximum atomic E-state index is 13.6. The summed E-state index contributed by atoms with van der Waals surface area (Å²) in [5.41, 5.74) is 3.72. The fourth-order valence-corrected chi connectivity index (χ4v) is 4.80. The van der Waals surface area contributed by atoms with Crippen LogP contribution in [0.25, 0.3) is 11.1 Å². The first-order chi connectivity index (χ1) is 17.5. The first-order valence-electron chi connectivity index (χ1n) is 12.3. The number of rotatable bonds is 7. The van der Waals surface area contributed by atoms with E-state index in [4.69, 9.17) is 11.6 Å². The van der Waals surface area contributed by atoms with Gasteiger partial charge >= 0.3 is 6.03 Å². The molecule has 186 valence electrons. The SMILES string of the molecule is CCN1CCC(CCN(C(=O)Nc2ccc(F)c(Cl)c2)c2ccc(-c3cccc(C#N)c3)cc2)CC1. The zero-order chi connectivity index (χ0) is 25.5. The van der Waals surface area contributed by atoms with E-state index in [0.29, 0.717) is 23.7 Å². The fourth-order valence-electron chi connectivity index (χ4n) is 4.62. The van der Waals surface area contributed by atoms with E-state index in [1.54, 1.807) is 11.0 Å². The first kappa shape index (κ1) is 25.7. The quantitative estimate of drug-likeness (QED) is 0.370. The minimum absolute atomic E-state index is 0.0361. The van der Waals surface area contributed by atoms with Crippen LogP contribution < -0.4 is 10.2 Å². The molecule has 1 fully saturated rings. The molecule has 0 spiro atoms. The fraction of sp³-hybridized carbons (Fsp3) is 0.310. The van der Waals surface area contributed by atoms with E-state index >= 15 is 0 Å². The lowest BCUT2D eigenvalue weighted by atomic mass is 9.93. The van der Waals surface area contributed by atoms with Crippen LogP contribution in [0.15, 0.2) is 66.7 Å². The van der Waals surface area contributed by atoms with Crippen LogP contribution in [0, 0.1) is 23.1 Å². The topological polar surface area (TPSA) is 59.4 Å².